The molecule has 2 aliphatic carbocycles. The van der Waals surface area contributed by atoms with Crippen LogP contribution in [0.25, 0.3) is 0 Å². The summed E-state index contributed by atoms with van der Waals surface area (Å²) in [4.78, 5) is 21.0. The fraction of sp³-hybridized carbons (Fsp3) is 0.750. The number of hydrogen-bond donors (Lipinski definition) is 0. The van der Waals surface area contributed by atoms with E-state index in [4.69, 9.17) is 0 Å². The zero-order valence-corrected chi connectivity index (χ0v) is 17.8. The molecule has 0 aromatic heterocycles. The van der Waals surface area contributed by atoms with E-state index >= 15 is 0 Å². The van der Waals surface area contributed by atoms with E-state index in [9.17, 15) is 9.59 Å². The lowest BCUT2D eigenvalue weighted by Crippen LogP contribution is -2.22. The van der Waals surface area contributed by atoms with Crippen LogP contribution in [0.1, 0.15) is 80.1 Å². The third-order valence-corrected chi connectivity index (χ3v) is 6.44. The van der Waals surface area contributed by atoms with Gasteiger partial charge in [0.25, 0.3) is 0 Å². The molecule has 0 aliphatic heterocycles. The van der Waals surface area contributed by atoms with E-state index in [-0.39, 0.29) is 0 Å². The molecule has 0 saturated heterocycles. The standard InChI is InChI=1S/2C12H20O/c1-9(2)11-5-4-10(3)12(8-11)6-7-13;1-9(2)12-5-4-10(3)8-11(12)6-7-13/h4,7,9,11-12H,5-6,8H2,1-3H3;7-9,11-12H,4-6H2,1-3H3. The van der Waals surface area contributed by atoms with Gasteiger partial charge < -0.3 is 9.59 Å². The van der Waals surface area contributed by atoms with Crippen LogP contribution in [0.5, 0.6) is 0 Å². The highest BCUT2D eigenvalue weighted by atomic mass is 16.1. The van der Waals surface area contributed by atoms with E-state index in [0.717, 1.165) is 24.4 Å². The molecule has 2 aliphatic rings. The molecular formula is C24H40O2. The molecular weight excluding hydrogens is 320 g/mol. The number of rotatable bonds is 6. The summed E-state index contributed by atoms with van der Waals surface area (Å²) in [6.07, 6.45) is 13.1. The zero-order chi connectivity index (χ0) is 19.7. The molecule has 4 unspecified atom stereocenters. The predicted molar refractivity (Wildman–Crippen MR) is 111 cm³/mol. The maximum Gasteiger partial charge on any atom is 0.120 e. The van der Waals surface area contributed by atoms with Gasteiger partial charge in [0, 0.05) is 12.8 Å². The van der Waals surface area contributed by atoms with E-state index in [0.29, 0.717) is 36.5 Å². The van der Waals surface area contributed by atoms with Gasteiger partial charge in [-0.25, -0.2) is 0 Å². The van der Waals surface area contributed by atoms with E-state index in [1.54, 1.807) is 0 Å². The predicted octanol–water partition coefficient (Wildman–Crippen LogP) is 6.41. The van der Waals surface area contributed by atoms with Gasteiger partial charge in [-0.15, -0.1) is 0 Å². The number of allylic oxidation sites excluding steroid dienone is 4. The maximum atomic E-state index is 10.5. The molecule has 0 radical (unpaired) electrons. The summed E-state index contributed by atoms with van der Waals surface area (Å²) < 4.78 is 0. The highest BCUT2D eigenvalue weighted by molar-refractivity contribution is 5.51. The summed E-state index contributed by atoms with van der Waals surface area (Å²) in [5, 5.41) is 0. The second kappa shape index (κ2) is 11.5. The Hall–Kier alpha value is -1.18. The van der Waals surface area contributed by atoms with Gasteiger partial charge in [0.05, 0.1) is 0 Å². The molecule has 0 spiro atoms. The van der Waals surface area contributed by atoms with Gasteiger partial charge in [-0.2, -0.15) is 0 Å². The molecule has 0 aromatic carbocycles. The Morgan fingerprint density at radius 3 is 2.23 bits per heavy atom. The Kier molecular flexibility index (Phi) is 10.1. The second-order valence-corrected chi connectivity index (χ2v) is 9.05. The van der Waals surface area contributed by atoms with Gasteiger partial charge in [0.2, 0.25) is 0 Å². The van der Waals surface area contributed by atoms with Gasteiger partial charge in [-0.05, 0) is 75.0 Å². The van der Waals surface area contributed by atoms with Crippen LogP contribution in [0.2, 0.25) is 0 Å². The number of carbonyl (C=O) groups is 2. The number of aldehydes is 2. The third-order valence-electron chi connectivity index (χ3n) is 6.44. The lowest BCUT2D eigenvalue weighted by Gasteiger charge is -2.31. The van der Waals surface area contributed by atoms with Crippen LogP contribution in [0, 0.1) is 35.5 Å². The average Bonchev–Trinajstić information content (AvgIpc) is 2.57. The Morgan fingerprint density at radius 2 is 1.69 bits per heavy atom. The molecule has 2 heteroatoms. The van der Waals surface area contributed by atoms with E-state index in [1.807, 2.05) is 0 Å². The van der Waals surface area contributed by atoms with Gasteiger partial charge in [-0.1, -0.05) is 51.0 Å². The molecule has 2 rings (SSSR count). The Labute approximate surface area is 161 Å². The average molecular weight is 361 g/mol. The fourth-order valence-corrected chi connectivity index (χ4v) is 4.46. The molecule has 0 N–H and O–H groups in total. The highest BCUT2D eigenvalue weighted by Gasteiger charge is 2.25. The summed E-state index contributed by atoms with van der Waals surface area (Å²) in [5.41, 5.74) is 2.88. The quantitative estimate of drug-likeness (QED) is 0.405. The third kappa shape index (κ3) is 7.21. The lowest BCUT2D eigenvalue weighted by atomic mass is 9.74. The van der Waals surface area contributed by atoms with Crippen molar-refractivity contribution in [3.63, 3.8) is 0 Å². The molecule has 0 amide bonds. The minimum atomic E-state index is 0.506. The largest absolute Gasteiger partial charge is 0.303 e. The molecule has 0 bridgehead atoms. The minimum Gasteiger partial charge on any atom is -0.303 e. The minimum absolute atomic E-state index is 0.506. The Bertz CT molecular complexity index is 498. The maximum absolute atomic E-state index is 10.5. The fourth-order valence-electron chi connectivity index (χ4n) is 4.46. The smallest absolute Gasteiger partial charge is 0.120 e. The van der Waals surface area contributed by atoms with Crippen molar-refractivity contribution in [3.8, 4) is 0 Å². The molecule has 148 valence electrons. The molecule has 0 saturated carbocycles. The molecule has 2 nitrogen and oxygen atoms in total. The Morgan fingerprint density at radius 1 is 1.04 bits per heavy atom. The van der Waals surface area contributed by atoms with E-state index in [2.05, 4.69) is 53.7 Å². The molecule has 0 aromatic rings. The highest BCUT2D eigenvalue weighted by Crippen LogP contribution is 2.35. The van der Waals surface area contributed by atoms with E-state index < -0.39 is 0 Å². The van der Waals surface area contributed by atoms with Gasteiger partial charge in [0.1, 0.15) is 12.6 Å². The normalized spacial score (nSPS) is 28.8. The summed E-state index contributed by atoms with van der Waals surface area (Å²) in [5.74, 6) is 3.99. The summed E-state index contributed by atoms with van der Waals surface area (Å²) in [7, 11) is 0. The van der Waals surface area contributed by atoms with E-state index in [1.165, 1.54) is 36.8 Å². The van der Waals surface area contributed by atoms with Gasteiger partial charge in [-0.3, -0.25) is 0 Å². The van der Waals surface area contributed by atoms with Crippen molar-refractivity contribution < 1.29 is 9.59 Å². The van der Waals surface area contributed by atoms with Crippen molar-refractivity contribution in [1.82, 2.24) is 0 Å². The lowest BCUT2D eigenvalue weighted by molar-refractivity contribution is -0.109. The zero-order valence-electron chi connectivity index (χ0n) is 17.8. The molecule has 26 heavy (non-hydrogen) atoms. The van der Waals surface area contributed by atoms with Gasteiger partial charge >= 0.3 is 0 Å². The van der Waals surface area contributed by atoms with Crippen LogP contribution < -0.4 is 0 Å². The first-order valence-corrected chi connectivity index (χ1v) is 10.5. The summed E-state index contributed by atoms with van der Waals surface area (Å²) in [6.45, 7) is 13.4. The first kappa shape index (κ1) is 22.9. The first-order chi connectivity index (χ1) is 12.3. The number of carbonyl (C=O) groups excluding carboxylic acids is 2. The van der Waals surface area contributed by atoms with Crippen LogP contribution in [0.15, 0.2) is 23.3 Å². The van der Waals surface area contributed by atoms with Crippen molar-refractivity contribution in [2.75, 3.05) is 0 Å². The number of hydrogen-bond acceptors (Lipinski definition) is 2. The van der Waals surface area contributed by atoms with Crippen molar-refractivity contribution in [2.45, 2.75) is 80.1 Å². The van der Waals surface area contributed by atoms with Crippen molar-refractivity contribution >= 4 is 12.6 Å². The summed E-state index contributed by atoms with van der Waals surface area (Å²) >= 11 is 0. The van der Waals surface area contributed by atoms with Crippen LogP contribution in [0.4, 0.5) is 0 Å². The molecule has 4 atom stereocenters. The first-order valence-electron chi connectivity index (χ1n) is 10.5. The molecule has 0 fully saturated rings. The van der Waals surface area contributed by atoms with Gasteiger partial charge in [0.15, 0.2) is 0 Å². The van der Waals surface area contributed by atoms with Crippen molar-refractivity contribution in [3.05, 3.63) is 23.3 Å². The molecule has 0 heterocycles. The van der Waals surface area contributed by atoms with Crippen molar-refractivity contribution in [1.29, 1.82) is 0 Å². The van der Waals surface area contributed by atoms with Crippen LogP contribution in [-0.4, -0.2) is 12.6 Å². The van der Waals surface area contributed by atoms with Crippen molar-refractivity contribution in [2.24, 2.45) is 35.5 Å². The monoisotopic (exact) mass is 360 g/mol. The van der Waals surface area contributed by atoms with Crippen LogP contribution in [-0.2, 0) is 9.59 Å². The summed E-state index contributed by atoms with van der Waals surface area (Å²) in [6, 6.07) is 0. The van der Waals surface area contributed by atoms with Crippen LogP contribution >= 0.6 is 0 Å². The Balaban J connectivity index is 0.000000260. The van der Waals surface area contributed by atoms with Crippen LogP contribution in [0.3, 0.4) is 0 Å². The second-order valence-electron chi connectivity index (χ2n) is 9.05. The topological polar surface area (TPSA) is 34.1 Å². The SMILES string of the molecule is CC1=CC(CC=O)C(C(C)C)CC1.CC1=CCC(C(C)C)CC1CC=O.